The van der Waals surface area contributed by atoms with E-state index in [9.17, 15) is 4.79 Å². The maximum Gasteiger partial charge on any atom is 0.216 e. The number of carbonyl (C=O) groups is 1. The van der Waals surface area contributed by atoms with Gasteiger partial charge in [-0.05, 0) is 36.6 Å². The van der Waals surface area contributed by atoms with Crippen LogP contribution in [0, 0.1) is 5.92 Å². The first kappa shape index (κ1) is 15.6. The molecule has 1 aliphatic heterocycles. The first-order valence-corrected chi connectivity index (χ1v) is 7.45. The normalized spacial score (nSPS) is 19.0. The van der Waals surface area contributed by atoms with E-state index in [1.807, 2.05) is 12.1 Å². The Morgan fingerprint density at radius 2 is 2.19 bits per heavy atom. The van der Waals surface area contributed by atoms with Gasteiger partial charge in [0.1, 0.15) is 5.75 Å². The SMILES string of the molecule is COc1ccc(/C=C/CN2CCC(CNC(C)=O)C2)cc1. The van der Waals surface area contributed by atoms with E-state index < -0.39 is 0 Å². The van der Waals surface area contributed by atoms with E-state index in [0.29, 0.717) is 5.92 Å². The highest BCUT2D eigenvalue weighted by Crippen LogP contribution is 2.16. The van der Waals surface area contributed by atoms with Gasteiger partial charge < -0.3 is 10.1 Å². The molecule has 4 nitrogen and oxygen atoms in total. The first-order valence-electron chi connectivity index (χ1n) is 7.45. The fourth-order valence-corrected chi connectivity index (χ4v) is 2.59. The van der Waals surface area contributed by atoms with Crippen molar-refractivity contribution in [3.05, 3.63) is 35.9 Å². The molecule has 1 unspecified atom stereocenters. The van der Waals surface area contributed by atoms with E-state index in [4.69, 9.17) is 4.74 Å². The Hall–Kier alpha value is -1.81. The molecule has 2 rings (SSSR count). The molecule has 1 N–H and O–H groups in total. The number of likely N-dealkylation sites (tertiary alicyclic amines) is 1. The number of hydrogen-bond acceptors (Lipinski definition) is 3. The average Bonchev–Trinajstić information content (AvgIpc) is 2.94. The maximum atomic E-state index is 10.9. The van der Waals surface area contributed by atoms with Crippen LogP contribution in [0.3, 0.4) is 0 Å². The van der Waals surface area contributed by atoms with E-state index in [-0.39, 0.29) is 5.91 Å². The second-order valence-electron chi connectivity index (χ2n) is 5.53. The number of nitrogens with one attached hydrogen (secondary N) is 1. The zero-order valence-electron chi connectivity index (χ0n) is 12.8. The molecule has 1 fully saturated rings. The number of nitrogens with zero attached hydrogens (tertiary/aromatic N) is 1. The third-order valence-corrected chi connectivity index (χ3v) is 3.80. The van der Waals surface area contributed by atoms with Crippen LogP contribution in [0.4, 0.5) is 0 Å². The maximum absolute atomic E-state index is 10.9. The summed E-state index contributed by atoms with van der Waals surface area (Å²) in [6.07, 6.45) is 5.50. The number of carbonyl (C=O) groups excluding carboxylic acids is 1. The van der Waals surface area contributed by atoms with Crippen LogP contribution >= 0.6 is 0 Å². The molecule has 1 amide bonds. The highest BCUT2D eigenvalue weighted by molar-refractivity contribution is 5.72. The summed E-state index contributed by atoms with van der Waals surface area (Å²) >= 11 is 0. The molecule has 0 aromatic heterocycles. The lowest BCUT2D eigenvalue weighted by atomic mass is 10.1. The summed E-state index contributed by atoms with van der Waals surface area (Å²) in [6.45, 7) is 5.51. The van der Waals surface area contributed by atoms with Crippen molar-refractivity contribution in [3.8, 4) is 5.75 Å². The van der Waals surface area contributed by atoms with Crippen molar-refractivity contribution in [2.75, 3.05) is 33.3 Å². The number of benzene rings is 1. The van der Waals surface area contributed by atoms with Gasteiger partial charge in [0.2, 0.25) is 5.91 Å². The Kier molecular flexibility index (Phi) is 5.81. The van der Waals surface area contributed by atoms with Gasteiger partial charge in [0, 0.05) is 26.6 Å². The highest BCUT2D eigenvalue weighted by atomic mass is 16.5. The topological polar surface area (TPSA) is 41.6 Å². The molecule has 0 spiro atoms. The van der Waals surface area contributed by atoms with Crippen LogP contribution < -0.4 is 10.1 Å². The Bertz CT molecular complexity index is 482. The summed E-state index contributed by atoms with van der Waals surface area (Å²) in [4.78, 5) is 13.3. The Balaban J connectivity index is 1.73. The van der Waals surface area contributed by atoms with Gasteiger partial charge >= 0.3 is 0 Å². The summed E-state index contributed by atoms with van der Waals surface area (Å²) in [7, 11) is 1.68. The van der Waals surface area contributed by atoms with E-state index in [2.05, 4.69) is 34.5 Å². The predicted octanol–water partition coefficient (Wildman–Crippen LogP) is 2.17. The van der Waals surface area contributed by atoms with Crippen molar-refractivity contribution < 1.29 is 9.53 Å². The largest absolute Gasteiger partial charge is 0.497 e. The molecular formula is C17H24N2O2. The molecule has 0 bridgehead atoms. The summed E-state index contributed by atoms with van der Waals surface area (Å²) in [5.74, 6) is 1.53. The van der Waals surface area contributed by atoms with Crippen LogP contribution in [0.25, 0.3) is 6.08 Å². The van der Waals surface area contributed by atoms with Crippen LogP contribution in [0.1, 0.15) is 18.9 Å². The second kappa shape index (κ2) is 7.84. The number of amides is 1. The monoisotopic (exact) mass is 288 g/mol. The molecule has 1 atom stereocenters. The molecule has 0 radical (unpaired) electrons. The average molecular weight is 288 g/mol. The summed E-state index contributed by atoms with van der Waals surface area (Å²) in [5.41, 5.74) is 1.18. The Labute approximate surface area is 126 Å². The fraction of sp³-hybridized carbons (Fsp3) is 0.471. The number of hydrogen-bond donors (Lipinski definition) is 1. The third kappa shape index (κ3) is 5.23. The van der Waals surface area contributed by atoms with Crippen LogP contribution in [-0.2, 0) is 4.79 Å². The molecular weight excluding hydrogens is 264 g/mol. The second-order valence-corrected chi connectivity index (χ2v) is 5.53. The molecule has 1 heterocycles. The quantitative estimate of drug-likeness (QED) is 0.872. The third-order valence-electron chi connectivity index (χ3n) is 3.80. The van der Waals surface area contributed by atoms with E-state index in [1.165, 1.54) is 5.56 Å². The zero-order chi connectivity index (χ0) is 15.1. The fourth-order valence-electron chi connectivity index (χ4n) is 2.59. The number of methoxy groups -OCH3 is 1. The number of ether oxygens (including phenoxy) is 1. The Morgan fingerprint density at radius 3 is 2.86 bits per heavy atom. The van der Waals surface area contributed by atoms with Gasteiger partial charge in [-0.15, -0.1) is 0 Å². The summed E-state index contributed by atoms with van der Waals surface area (Å²) in [6, 6.07) is 8.05. The van der Waals surface area contributed by atoms with Crippen molar-refractivity contribution >= 4 is 12.0 Å². The molecule has 1 aromatic carbocycles. The molecule has 1 aliphatic rings. The van der Waals surface area contributed by atoms with Crippen molar-refractivity contribution in [1.82, 2.24) is 10.2 Å². The standard InChI is InChI=1S/C17H24N2O2/c1-14(20)18-12-16-9-11-19(13-16)10-3-4-15-5-7-17(21-2)8-6-15/h3-8,16H,9-13H2,1-2H3,(H,18,20)/b4-3+. The minimum atomic E-state index is 0.0628. The van der Waals surface area contributed by atoms with Gasteiger partial charge in [-0.1, -0.05) is 24.3 Å². The molecule has 1 aromatic rings. The summed E-state index contributed by atoms with van der Waals surface area (Å²) < 4.78 is 5.14. The minimum Gasteiger partial charge on any atom is -0.497 e. The van der Waals surface area contributed by atoms with Crippen LogP contribution in [0.5, 0.6) is 5.75 Å². The van der Waals surface area contributed by atoms with Gasteiger partial charge in [-0.3, -0.25) is 9.69 Å². The lowest BCUT2D eigenvalue weighted by Crippen LogP contribution is -2.29. The van der Waals surface area contributed by atoms with Crippen LogP contribution in [-0.4, -0.2) is 44.1 Å². The van der Waals surface area contributed by atoms with Crippen LogP contribution in [0.2, 0.25) is 0 Å². The zero-order valence-corrected chi connectivity index (χ0v) is 12.8. The van der Waals surface area contributed by atoms with Gasteiger partial charge in [-0.25, -0.2) is 0 Å². The van der Waals surface area contributed by atoms with Crippen molar-refractivity contribution in [2.24, 2.45) is 5.92 Å². The molecule has 0 aliphatic carbocycles. The van der Waals surface area contributed by atoms with E-state index in [0.717, 1.165) is 38.3 Å². The predicted molar refractivity (Wildman–Crippen MR) is 85.3 cm³/mol. The van der Waals surface area contributed by atoms with Gasteiger partial charge in [0.25, 0.3) is 0 Å². The molecule has 1 saturated heterocycles. The van der Waals surface area contributed by atoms with Crippen molar-refractivity contribution in [2.45, 2.75) is 13.3 Å². The van der Waals surface area contributed by atoms with Crippen molar-refractivity contribution in [3.63, 3.8) is 0 Å². The molecule has 4 heteroatoms. The molecule has 0 saturated carbocycles. The minimum absolute atomic E-state index is 0.0628. The first-order chi connectivity index (χ1) is 10.2. The van der Waals surface area contributed by atoms with E-state index >= 15 is 0 Å². The van der Waals surface area contributed by atoms with Crippen molar-refractivity contribution in [1.29, 1.82) is 0 Å². The van der Waals surface area contributed by atoms with E-state index in [1.54, 1.807) is 14.0 Å². The summed E-state index contributed by atoms with van der Waals surface area (Å²) in [5, 5.41) is 2.91. The number of rotatable bonds is 6. The lowest BCUT2D eigenvalue weighted by molar-refractivity contribution is -0.119. The smallest absolute Gasteiger partial charge is 0.216 e. The Morgan fingerprint density at radius 1 is 1.43 bits per heavy atom. The highest BCUT2D eigenvalue weighted by Gasteiger charge is 2.21. The van der Waals surface area contributed by atoms with Gasteiger partial charge in [-0.2, -0.15) is 0 Å². The van der Waals surface area contributed by atoms with Gasteiger partial charge in [0.05, 0.1) is 7.11 Å². The van der Waals surface area contributed by atoms with Gasteiger partial charge in [0.15, 0.2) is 0 Å². The lowest BCUT2D eigenvalue weighted by Gasteiger charge is -2.13. The van der Waals surface area contributed by atoms with Crippen LogP contribution in [0.15, 0.2) is 30.3 Å². The molecule has 21 heavy (non-hydrogen) atoms. The molecule has 114 valence electrons.